The van der Waals surface area contributed by atoms with Crippen LogP contribution >= 0.6 is 0 Å². The molecule has 0 unspecified atom stereocenters. The molecular weight excluding hydrogens is 254 g/mol. The van der Waals surface area contributed by atoms with Gasteiger partial charge in [-0.3, -0.25) is 4.98 Å². The highest BCUT2D eigenvalue weighted by Gasteiger charge is 2.11. The Morgan fingerprint density at radius 3 is 2.50 bits per heavy atom. The van der Waals surface area contributed by atoms with E-state index >= 15 is 0 Å². The first-order valence-electron chi connectivity index (χ1n) is 6.91. The number of hydrogen-bond acceptors (Lipinski definition) is 3. The van der Waals surface area contributed by atoms with Crippen LogP contribution in [0.25, 0.3) is 0 Å². The summed E-state index contributed by atoms with van der Waals surface area (Å²) in [6.45, 7) is 8.88. The quantitative estimate of drug-likeness (QED) is 0.903. The van der Waals surface area contributed by atoms with Crippen molar-refractivity contribution in [2.45, 2.75) is 46.1 Å². The Kier molecular flexibility index (Phi) is 4.32. The van der Waals surface area contributed by atoms with Crippen LogP contribution in [0.2, 0.25) is 0 Å². The molecule has 0 amide bonds. The van der Waals surface area contributed by atoms with Crippen molar-refractivity contribution >= 4 is 0 Å². The summed E-state index contributed by atoms with van der Waals surface area (Å²) in [6.07, 6.45) is 1.53. The molecule has 0 aliphatic carbocycles. The van der Waals surface area contributed by atoms with Gasteiger partial charge in [0.25, 0.3) is 0 Å². The fourth-order valence-corrected chi connectivity index (χ4v) is 2.05. The zero-order valence-corrected chi connectivity index (χ0v) is 12.4. The number of hydrogen-bond donors (Lipinski definition) is 1. The van der Waals surface area contributed by atoms with E-state index in [0.29, 0.717) is 17.6 Å². The van der Waals surface area contributed by atoms with Crippen LogP contribution in [0.5, 0.6) is 5.75 Å². The maximum atomic E-state index is 10.9. The summed E-state index contributed by atoms with van der Waals surface area (Å²) in [7, 11) is 0. The van der Waals surface area contributed by atoms with Crippen molar-refractivity contribution in [3.05, 3.63) is 51.8 Å². The van der Waals surface area contributed by atoms with Crippen LogP contribution in [0.3, 0.4) is 0 Å². The van der Waals surface area contributed by atoms with E-state index in [4.69, 9.17) is 9.15 Å². The largest absolute Gasteiger partial charge is 0.485 e. The summed E-state index contributed by atoms with van der Waals surface area (Å²) in [6, 6.07) is 6.27. The number of aromatic nitrogens is 1. The molecular formula is C16H21NO3. The van der Waals surface area contributed by atoms with Crippen LogP contribution in [-0.2, 0) is 6.61 Å². The minimum absolute atomic E-state index is 0.249. The number of ether oxygens (including phenoxy) is 1. The number of nitrogens with one attached hydrogen (secondary N) is 1. The molecule has 0 saturated heterocycles. The molecule has 0 fully saturated rings. The summed E-state index contributed by atoms with van der Waals surface area (Å²) < 4.78 is 10.7. The van der Waals surface area contributed by atoms with Gasteiger partial charge < -0.3 is 9.15 Å². The minimum atomic E-state index is -0.456. The van der Waals surface area contributed by atoms with Gasteiger partial charge in [0.1, 0.15) is 12.4 Å². The Morgan fingerprint density at radius 1 is 1.20 bits per heavy atom. The van der Waals surface area contributed by atoms with Gasteiger partial charge in [0, 0.05) is 6.20 Å². The molecule has 0 radical (unpaired) electrons. The van der Waals surface area contributed by atoms with Crippen LogP contribution in [0.1, 0.15) is 56.4 Å². The van der Waals surface area contributed by atoms with E-state index in [1.165, 1.54) is 17.3 Å². The zero-order valence-electron chi connectivity index (χ0n) is 12.4. The van der Waals surface area contributed by atoms with E-state index in [9.17, 15) is 4.79 Å². The molecule has 4 nitrogen and oxygen atoms in total. The van der Waals surface area contributed by atoms with Crippen molar-refractivity contribution < 1.29 is 9.15 Å². The molecule has 2 aromatic rings. The van der Waals surface area contributed by atoms with Gasteiger partial charge in [0.05, 0.1) is 0 Å². The molecule has 0 aliphatic heterocycles. The first kappa shape index (κ1) is 14.4. The van der Waals surface area contributed by atoms with Crippen molar-refractivity contribution in [2.24, 2.45) is 0 Å². The van der Waals surface area contributed by atoms with E-state index in [-0.39, 0.29) is 6.61 Å². The van der Waals surface area contributed by atoms with Crippen LogP contribution in [0, 0.1) is 0 Å². The van der Waals surface area contributed by atoms with E-state index in [1.54, 1.807) is 0 Å². The van der Waals surface area contributed by atoms with Crippen LogP contribution in [0.4, 0.5) is 0 Å². The van der Waals surface area contributed by atoms with Crippen molar-refractivity contribution in [3.8, 4) is 5.75 Å². The summed E-state index contributed by atoms with van der Waals surface area (Å²) in [4.78, 5) is 13.4. The third-order valence-electron chi connectivity index (χ3n) is 3.27. The SMILES string of the molecule is CC(C)c1ccc(OCc2c[nH]c(=O)o2)c(C(C)C)c1. The monoisotopic (exact) mass is 275 g/mol. The van der Waals surface area contributed by atoms with Gasteiger partial charge in [0.15, 0.2) is 5.76 Å². The highest BCUT2D eigenvalue weighted by atomic mass is 16.5. The molecule has 1 aromatic carbocycles. The smallest absolute Gasteiger partial charge is 0.416 e. The highest BCUT2D eigenvalue weighted by Crippen LogP contribution is 2.30. The van der Waals surface area contributed by atoms with E-state index in [0.717, 1.165) is 5.75 Å². The summed E-state index contributed by atoms with van der Waals surface area (Å²) in [5, 5.41) is 0. The zero-order chi connectivity index (χ0) is 14.7. The highest BCUT2D eigenvalue weighted by molar-refractivity contribution is 5.40. The predicted molar refractivity (Wildman–Crippen MR) is 78.3 cm³/mol. The van der Waals surface area contributed by atoms with Crippen LogP contribution in [0.15, 0.2) is 33.6 Å². The van der Waals surface area contributed by atoms with Crippen molar-refractivity contribution in [3.63, 3.8) is 0 Å². The maximum absolute atomic E-state index is 10.9. The van der Waals surface area contributed by atoms with Gasteiger partial charge in [0.2, 0.25) is 0 Å². The normalized spacial score (nSPS) is 11.3. The lowest BCUT2D eigenvalue weighted by Gasteiger charge is -2.16. The second kappa shape index (κ2) is 5.99. The topological polar surface area (TPSA) is 55.2 Å². The molecule has 108 valence electrons. The van der Waals surface area contributed by atoms with Gasteiger partial charge in [-0.25, -0.2) is 4.79 Å². The number of aromatic amines is 1. The van der Waals surface area contributed by atoms with E-state index in [2.05, 4.69) is 44.8 Å². The van der Waals surface area contributed by atoms with Crippen LogP contribution < -0.4 is 10.5 Å². The van der Waals surface area contributed by atoms with E-state index in [1.807, 2.05) is 6.07 Å². The predicted octanol–water partition coefficient (Wildman–Crippen LogP) is 3.79. The standard InChI is InChI=1S/C16H21NO3/c1-10(2)12-5-6-15(14(7-12)11(3)4)19-9-13-8-17-16(18)20-13/h5-8,10-11H,9H2,1-4H3,(H,17,18). The third kappa shape index (κ3) is 3.32. The Morgan fingerprint density at radius 2 is 1.95 bits per heavy atom. The van der Waals surface area contributed by atoms with Gasteiger partial charge in [-0.1, -0.05) is 39.8 Å². The summed E-state index contributed by atoms with van der Waals surface area (Å²) in [5.41, 5.74) is 2.48. The minimum Gasteiger partial charge on any atom is -0.485 e. The van der Waals surface area contributed by atoms with Crippen molar-refractivity contribution in [1.29, 1.82) is 0 Å². The molecule has 4 heteroatoms. The number of H-pyrrole nitrogens is 1. The first-order valence-corrected chi connectivity index (χ1v) is 6.91. The molecule has 1 aromatic heterocycles. The lowest BCUT2D eigenvalue weighted by atomic mass is 9.95. The Balaban J connectivity index is 2.20. The van der Waals surface area contributed by atoms with Crippen molar-refractivity contribution in [1.82, 2.24) is 4.98 Å². The van der Waals surface area contributed by atoms with Gasteiger partial charge in [-0.05, 0) is 29.0 Å². The second-order valence-corrected chi connectivity index (χ2v) is 5.54. The summed E-state index contributed by atoms with van der Waals surface area (Å²) >= 11 is 0. The molecule has 0 atom stereocenters. The molecule has 2 rings (SSSR count). The molecule has 20 heavy (non-hydrogen) atoms. The lowest BCUT2D eigenvalue weighted by Crippen LogP contribution is -2.01. The number of benzene rings is 1. The summed E-state index contributed by atoms with van der Waals surface area (Å²) in [5.74, 6) is 1.75. The molecule has 0 aliphatic rings. The fraction of sp³-hybridized carbons (Fsp3) is 0.438. The van der Waals surface area contributed by atoms with Crippen LogP contribution in [-0.4, -0.2) is 4.98 Å². The van der Waals surface area contributed by atoms with E-state index < -0.39 is 5.76 Å². The maximum Gasteiger partial charge on any atom is 0.416 e. The van der Waals surface area contributed by atoms with Gasteiger partial charge in [-0.15, -0.1) is 0 Å². The van der Waals surface area contributed by atoms with Gasteiger partial charge >= 0.3 is 5.76 Å². The number of oxazole rings is 1. The third-order valence-corrected chi connectivity index (χ3v) is 3.27. The average Bonchev–Trinajstić information content (AvgIpc) is 2.81. The molecule has 1 N–H and O–H groups in total. The molecule has 1 heterocycles. The van der Waals surface area contributed by atoms with Gasteiger partial charge in [-0.2, -0.15) is 0 Å². The lowest BCUT2D eigenvalue weighted by molar-refractivity contribution is 0.263. The second-order valence-electron chi connectivity index (χ2n) is 5.54. The number of rotatable bonds is 5. The Bertz CT molecular complexity index is 623. The molecule has 0 bridgehead atoms. The molecule has 0 spiro atoms. The fourth-order valence-electron chi connectivity index (χ4n) is 2.05. The first-order chi connectivity index (χ1) is 9.47. The Hall–Kier alpha value is -1.97. The average molecular weight is 275 g/mol. The molecule has 0 saturated carbocycles. The Labute approximate surface area is 118 Å². The van der Waals surface area contributed by atoms with Crippen molar-refractivity contribution in [2.75, 3.05) is 0 Å².